The summed E-state index contributed by atoms with van der Waals surface area (Å²) in [7, 11) is 1.57. The molecule has 5 nitrogen and oxygen atoms in total. The summed E-state index contributed by atoms with van der Waals surface area (Å²) in [5.41, 5.74) is 2.41. The minimum atomic E-state index is -0.132. The van der Waals surface area contributed by atoms with Crippen LogP contribution in [0.3, 0.4) is 0 Å². The molecule has 106 valence electrons. The zero-order valence-electron chi connectivity index (χ0n) is 12.1. The van der Waals surface area contributed by atoms with E-state index in [4.69, 9.17) is 9.15 Å². The highest BCUT2D eigenvalue weighted by Crippen LogP contribution is 2.20. The van der Waals surface area contributed by atoms with Gasteiger partial charge in [0.05, 0.1) is 12.7 Å². The Labute approximate surface area is 118 Å². The van der Waals surface area contributed by atoms with Gasteiger partial charge in [0.1, 0.15) is 11.5 Å². The van der Waals surface area contributed by atoms with Gasteiger partial charge >= 0.3 is 0 Å². The largest absolute Gasteiger partial charge is 0.481 e. The molecule has 0 bridgehead atoms. The average Bonchev–Trinajstić information content (AvgIpc) is 2.70. The summed E-state index contributed by atoms with van der Waals surface area (Å²) in [6, 6.07) is 3.63. The smallest absolute Gasteiger partial charge is 0.255 e. The lowest BCUT2D eigenvalue weighted by Gasteiger charge is -2.06. The van der Waals surface area contributed by atoms with Crippen LogP contribution >= 0.6 is 0 Å². The summed E-state index contributed by atoms with van der Waals surface area (Å²) in [5.74, 6) is 1.84. The number of methoxy groups -OCH3 is 1. The van der Waals surface area contributed by atoms with Crippen LogP contribution < -0.4 is 10.1 Å². The second kappa shape index (κ2) is 5.77. The lowest BCUT2D eigenvalue weighted by Crippen LogP contribution is -2.23. The number of furan rings is 1. The summed E-state index contributed by atoms with van der Waals surface area (Å²) in [4.78, 5) is 16.3. The predicted octanol–water partition coefficient (Wildman–Crippen LogP) is 2.54. The summed E-state index contributed by atoms with van der Waals surface area (Å²) in [6.07, 6.45) is 1.68. The van der Waals surface area contributed by atoms with Crippen LogP contribution in [0.25, 0.3) is 0 Å². The second-order valence-electron chi connectivity index (χ2n) is 4.61. The number of carbonyl (C=O) groups excluding carboxylic acids is 1. The van der Waals surface area contributed by atoms with Gasteiger partial charge in [0.15, 0.2) is 0 Å². The summed E-state index contributed by atoms with van der Waals surface area (Å²) < 4.78 is 10.4. The van der Waals surface area contributed by atoms with Crippen molar-refractivity contribution in [3.63, 3.8) is 0 Å². The fourth-order valence-corrected chi connectivity index (χ4v) is 2.03. The van der Waals surface area contributed by atoms with Gasteiger partial charge < -0.3 is 14.5 Å². The molecule has 0 radical (unpaired) electrons. The molecule has 0 spiro atoms. The van der Waals surface area contributed by atoms with Gasteiger partial charge in [-0.2, -0.15) is 0 Å². The van der Waals surface area contributed by atoms with Crippen molar-refractivity contribution in [3.8, 4) is 5.88 Å². The van der Waals surface area contributed by atoms with E-state index in [-0.39, 0.29) is 5.91 Å². The van der Waals surface area contributed by atoms with E-state index < -0.39 is 0 Å². The number of hydrogen-bond donors (Lipinski definition) is 1. The van der Waals surface area contributed by atoms with Crippen molar-refractivity contribution in [2.75, 3.05) is 7.11 Å². The predicted molar refractivity (Wildman–Crippen MR) is 74.9 cm³/mol. The first kappa shape index (κ1) is 14.1. The van der Waals surface area contributed by atoms with Gasteiger partial charge in [-0.3, -0.25) is 4.79 Å². The van der Waals surface area contributed by atoms with Crippen molar-refractivity contribution < 1.29 is 13.9 Å². The molecule has 20 heavy (non-hydrogen) atoms. The second-order valence-corrected chi connectivity index (χ2v) is 4.61. The quantitative estimate of drug-likeness (QED) is 0.930. The lowest BCUT2D eigenvalue weighted by molar-refractivity contribution is 0.0949. The normalized spacial score (nSPS) is 10.4. The van der Waals surface area contributed by atoms with E-state index in [2.05, 4.69) is 10.3 Å². The molecule has 0 unspecified atom stereocenters. The van der Waals surface area contributed by atoms with Crippen LogP contribution in [-0.2, 0) is 6.54 Å². The first-order valence-corrected chi connectivity index (χ1v) is 6.36. The molecular formula is C15H18N2O3. The number of ether oxygens (including phenoxy) is 1. The molecule has 0 fully saturated rings. The monoisotopic (exact) mass is 274 g/mol. The van der Waals surface area contributed by atoms with Crippen LogP contribution in [0.5, 0.6) is 5.88 Å². The van der Waals surface area contributed by atoms with E-state index in [9.17, 15) is 4.79 Å². The van der Waals surface area contributed by atoms with Crippen molar-refractivity contribution in [3.05, 3.63) is 46.5 Å². The van der Waals surface area contributed by atoms with Gasteiger partial charge in [0.2, 0.25) is 5.88 Å². The van der Waals surface area contributed by atoms with Crippen LogP contribution in [0.1, 0.15) is 33.0 Å². The molecule has 0 aliphatic rings. The Morgan fingerprint density at radius 1 is 1.30 bits per heavy atom. The maximum absolute atomic E-state index is 12.2. The zero-order valence-corrected chi connectivity index (χ0v) is 12.1. The molecule has 0 aliphatic carbocycles. The van der Waals surface area contributed by atoms with E-state index in [1.165, 1.54) is 0 Å². The molecule has 2 aromatic rings. The van der Waals surface area contributed by atoms with Crippen molar-refractivity contribution in [2.45, 2.75) is 27.3 Å². The van der Waals surface area contributed by atoms with Gasteiger partial charge in [0, 0.05) is 24.4 Å². The van der Waals surface area contributed by atoms with Crippen molar-refractivity contribution in [1.82, 2.24) is 10.3 Å². The molecule has 2 rings (SSSR count). The first-order valence-electron chi connectivity index (χ1n) is 6.36. The molecule has 1 N–H and O–H groups in total. The van der Waals surface area contributed by atoms with Gasteiger partial charge in [-0.15, -0.1) is 0 Å². The molecule has 0 saturated heterocycles. The molecular weight excluding hydrogens is 256 g/mol. The third-order valence-electron chi connectivity index (χ3n) is 3.25. The maximum atomic E-state index is 12.2. The van der Waals surface area contributed by atoms with Crippen LogP contribution in [0.4, 0.5) is 0 Å². The Kier molecular flexibility index (Phi) is 4.08. The van der Waals surface area contributed by atoms with Gasteiger partial charge in [0.25, 0.3) is 5.91 Å². The van der Waals surface area contributed by atoms with E-state index in [1.807, 2.05) is 19.9 Å². The number of nitrogens with one attached hydrogen (secondary N) is 1. The third-order valence-corrected chi connectivity index (χ3v) is 3.25. The van der Waals surface area contributed by atoms with E-state index in [1.54, 1.807) is 26.3 Å². The Hall–Kier alpha value is -2.30. The number of pyridine rings is 1. The van der Waals surface area contributed by atoms with E-state index in [0.717, 1.165) is 16.9 Å². The number of rotatable bonds is 4. The summed E-state index contributed by atoms with van der Waals surface area (Å²) in [6.45, 7) is 5.95. The minimum absolute atomic E-state index is 0.132. The molecule has 0 atom stereocenters. The number of aryl methyl sites for hydroxylation is 2. The Bertz CT molecular complexity index is 615. The molecule has 0 aromatic carbocycles. The average molecular weight is 274 g/mol. The molecule has 5 heteroatoms. The zero-order chi connectivity index (χ0) is 14.7. The summed E-state index contributed by atoms with van der Waals surface area (Å²) in [5, 5.41) is 2.87. The highest BCUT2D eigenvalue weighted by molar-refractivity contribution is 5.96. The molecule has 2 aromatic heterocycles. The number of carbonyl (C=O) groups is 1. The van der Waals surface area contributed by atoms with Crippen LogP contribution in [0.15, 0.2) is 22.7 Å². The molecule has 0 saturated carbocycles. The number of aromatic nitrogens is 1. The molecule has 1 amide bonds. The lowest BCUT2D eigenvalue weighted by atomic mass is 10.1. The van der Waals surface area contributed by atoms with Gasteiger partial charge in [-0.25, -0.2) is 4.98 Å². The minimum Gasteiger partial charge on any atom is -0.481 e. The van der Waals surface area contributed by atoms with Gasteiger partial charge in [-0.1, -0.05) is 6.07 Å². The van der Waals surface area contributed by atoms with Crippen LogP contribution in [-0.4, -0.2) is 18.0 Å². The van der Waals surface area contributed by atoms with Crippen molar-refractivity contribution in [2.24, 2.45) is 0 Å². The van der Waals surface area contributed by atoms with Gasteiger partial charge in [-0.05, 0) is 26.3 Å². The standard InChI is InChI=1S/C15H18N2O3/c1-9-10(2)20-11(3)14(9)15(18)17-8-12-5-6-13(19-4)16-7-12/h5-7H,8H2,1-4H3,(H,17,18). The SMILES string of the molecule is COc1ccc(CNC(=O)c2c(C)oc(C)c2C)cn1. The highest BCUT2D eigenvalue weighted by Gasteiger charge is 2.18. The van der Waals surface area contributed by atoms with Crippen molar-refractivity contribution >= 4 is 5.91 Å². The van der Waals surface area contributed by atoms with E-state index >= 15 is 0 Å². The van der Waals surface area contributed by atoms with E-state index in [0.29, 0.717) is 23.7 Å². The number of amides is 1. The van der Waals surface area contributed by atoms with Crippen LogP contribution in [0.2, 0.25) is 0 Å². The maximum Gasteiger partial charge on any atom is 0.255 e. The van der Waals surface area contributed by atoms with Crippen molar-refractivity contribution in [1.29, 1.82) is 0 Å². The molecule has 2 heterocycles. The highest BCUT2D eigenvalue weighted by atomic mass is 16.5. The number of hydrogen-bond acceptors (Lipinski definition) is 4. The number of nitrogens with zero attached hydrogens (tertiary/aromatic N) is 1. The fraction of sp³-hybridized carbons (Fsp3) is 0.333. The van der Waals surface area contributed by atoms with Crippen LogP contribution in [0, 0.1) is 20.8 Å². The Balaban J connectivity index is 2.04. The summed E-state index contributed by atoms with van der Waals surface area (Å²) >= 11 is 0. The third kappa shape index (κ3) is 2.82. The fourth-order valence-electron chi connectivity index (χ4n) is 2.03. The topological polar surface area (TPSA) is 64.4 Å². The Morgan fingerprint density at radius 3 is 2.55 bits per heavy atom. The molecule has 0 aliphatic heterocycles. The first-order chi connectivity index (χ1) is 9.52. The Morgan fingerprint density at radius 2 is 2.05 bits per heavy atom.